The van der Waals surface area contributed by atoms with Crippen LogP contribution in [0.4, 0.5) is 0 Å². The van der Waals surface area contributed by atoms with Gasteiger partial charge in [0.1, 0.15) is 6.04 Å². The minimum Gasteiger partial charge on any atom is -0.463 e. The average Bonchev–Trinajstić information content (AvgIpc) is 2.78. The van der Waals surface area contributed by atoms with Gasteiger partial charge in [0, 0.05) is 19.2 Å². The van der Waals surface area contributed by atoms with E-state index in [0.717, 1.165) is 5.56 Å². The van der Waals surface area contributed by atoms with E-state index in [-0.39, 0.29) is 23.8 Å². The lowest BCUT2D eigenvalue weighted by atomic mass is 9.84. The molecule has 0 fully saturated rings. The molecule has 0 saturated heterocycles. The van der Waals surface area contributed by atoms with E-state index in [1.165, 1.54) is 5.56 Å². The summed E-state index contributed by atoms with van der Waals surface area (Å²) in [6, 6.07) is 6.64. The van der Waals surface area contributed by atoms with Crippen molar-refractivity contribution in [3.63, 3.8) is 0 Å². The van der Waals surface area contributed by atoms with Gasteiger partial charge >= 0.3 is 5.97 Å². The molecule has 2 N–H and O–H groups in total. The smallest absolute Gasteiger partial charge is 0.333 e. The van der Waals surface area contributed by atoms with Crippen molar-refractivity contribution in [1.29, 1.82) is 0 Å². The highest BCUT2D eigenvalue weighted by Gasteiger charge is 2.38. The topological polar surface area (TPSA) is 87.7 Å². The third kappa shape index (κ3) is 6.92. The number of rotatable bonds is 8. The van der Waals surface area contributed by atoms with Gasteiger partial charge in [-0.1, -0.05) is 65.0 Å². The number of benzene rings is 1. The number of esters is 1. The number of carbonyl (C=O) groups excluding carboxylic acids is 3. The maximum atomic E-state index is 13.7. The number of hydrogen-bond donors (Lipinski definition) is 2. The van der Waals surface area contributed by atoms with Gasteiger partial charge in [-0.05, 0) is 42.7 Å². The Morgan fingerprint density at radius 2 is 1.82 bits per heavy atom. The van der Waals surface area contributed by atoms with Crippen molar-refractivity contribution < 1.29 is 19.1 Å². The van der Waals surface area contributed by atoms with Gasteiger partial charge in [0.2, 0.25) is 11.8 Å². The molecule has 2 amide bonds. The average molecular weight is 472 g/mol. The molecule has 7 heteroatoms. The monoisotopic (exact) mass is 471 g/mol. The molecule has 0 radical (unpaired) electrons. The van der Waals surface area contributed by atoms with Crippen molar-refractivity contribution in [3.8, 4) is 0 Å². The predicted octanol–water partition coefficient (Wildman–Crippen LogP) is 3.22. The van der Waals surface area contributed by atoms with Crippen molar-refractivity contribution in [2.75, 3.05) is 13.7 Å². The van der Waals surface area contributed by atoms with E-state index in [1.807, 2.05) is 52.8 Å². The van der Waals surface area contributed by atoms with Gasteiger partial charge in [-0.25, -0.2) is 4.79 Å². The van der Waals surface area contributed by atoms with Crippen molar-refractivity contribution in [2.24, 2.45) is 11.3 Å². The number of hydrogen-bond acceptors (Lipinski definition) is 5. The van der Waals surface area contributed by atoms with Crippen LogP contribution in [0.15, 0.2) is 35.9 Å². The molecular formula is C27H41N3O4. The molecule has 188 valence electrons. The van der Waals surface area contributed by atoms with E-state index in [9.17, 15) is 14.4 Å². The zero-order valence-electron chi connectivity index (χ0n) is 21.9. The Bertz CT molecular complexity index is 917. The molecular weight excluding hydrogens is 430 g/mol. The Hall–Kier alpha value is -2.67. The van der Waals surface area contributed by atoms with Crippen LogP contribution in [0.2, 0.25) is 0 Å². The number of carbonyl (C=O) groups is 3. The molecule has 3 atom stereocenters. The van der Waals surface area contributed by atoms with Crippen LogP contribution >= 0.6 is 0 Å². The fourth-order valence-electron chi connectivity index (χ4n) is 4.20. The molecule has 1 aromatic rings. The van der Waals surface area contributed by atoms with Crippen LogP contribution in [0, 0.1) is 11.3 Å². The fourth-order valence-corrected chi connectivity index (χ4v) is 4.20. The maximum Gasteiger partial charge on any atom is 0.333 e. The first-order valence-electron chi connectivity index (χ1n) is 12.1. The van der Waals surface area contributed by atoms with Crippen LogP contribution in [0.25, 0.3) is 0 Å². The molecule has 0 aromatic heterocycles. The summed E-state index contributed by atoms with van der Waals surface area (Å²) in [7, 11) is 1.72. The van der Waals surface area contributed by atoms with Gasteiger partial charge < -0.3 is 20.3 Å². The van der Waals surface area contributed by atoms with Crippen molar-refractivity contribution >= 4 is 17.8 Å². The van der Waals surface area contributed by atoms with E-state index in [1.54, 1.807) is 31.9 Å². The third-order valence-electron chi connectivity index (χ3n) is 6.29. The first-order chi connectivity index (χ1) is 15.9. The summed E-state index contributed by atoms with van der Waals surface area (Å²) in [4.78, 5) is 40.7. The van der Waals surface area contributed by atoms with Crippen LogP contribution < -0.4 is 10.6 Å². The molecule has 1 aliphatic heterocycles. The van der Waals surface area contributed by atoms with Crippen LogP contribution in [-0.4, -0.2) is 54.5 Å². The fraction of sp³-hybridized carbons (Fsp3) is 0.593. The summed E-state index contributed by atoms with van der Waals surface area (Å²) >= 11 is 0. The molecule has 0 spiro atoms. The molecule has 34 heavy (non-hydrogen) atoms. The Kier molecular flexibility index (Phi) is 9.45. The summed E-state index contributed by atoms with van der Waals surface area (Å²) in [6.07, 6.45) is 2.36. The van der Waals surface area contributed by atoms with Crippen LogP contribution in [0.5, 0.6) is 0 Å². The van der Waals surface area contributed by atoms with Gasteiger partial charge in [-0.3, -0.25) is 9.59 Å². The van der Waals surface area contributed by atoms with Crippen LogP contribution in [0.3, 0.4) is 0 Å². The second kappa shape index (κ2) is 11.6. The zero-order valence-corrected chi connectivity index (χ0v) is 21.9. The van der Waals surface area contributed by atoms with Gasteiger partial charge in [-0.2, -0.15) is 0 Å². The van der Waals surface area contributed by atoms with Crippen molar-refractivity contribution in [1.82, 2.24) is 15.5 Å². The van der Waals surface area contributed by atoms with Gasteiger partial charge in [-0.15, -0.1) is 0 Å². The van der Waals surface area contributed by atoms with Crippen LogP contribution in [-0.2, 0) is 32.1 Å². The molecule has 1 aliphatic rings. The van der Waals surface area contributed by atoms with Gasteiger partial charge in [0.05, 0.1) is 18.7 Å². The SMILES string of the molecule is CCOC(=O)C(C)=C[C@H](C(C)C)N(C)C(=O)[C@@H](NC(=O)[C@H]1Cc2ccccc2CN1)C(C)(C)C. The minimum absolute atomic E-state index is 0.0613. The summed E-state index contributed by atoms with van der Waals surface area (Å²) < 4.78 is 5.10. The van der Waals surface area contributed by atoms with Crippen LogP contribution in [0.1, 0.15) is 59.6 Å². The molecule has 1 heterocycles. The van der Waals surface area contributed by atoms with Gasteiger partial charge in [0.25, 0.3) is 0 Å². The zero-order chi connectivity index (χ0) is 25.6. The predicted molar refractivity (Wildman–Crippen MR) is 134 cm³/mol. The number of fused-ring (bicyclic) bond motifs is 1. The van der Waals surface area contributed by atoms with E-state index >= 15 is 0 Å². The highest BCUT2D eigenvalue weighted by atomic mass is 16.5. The maximum absolute atomic E-state index is 13.7. The second-order valence-electron chi connectivity index (χ2n) is 10.5. The summed E-state index contributed by atoms with van der Waals surface area (Å²) in [5, 5.41) is 6.32. The Morgan fingerprint density at radius 3 is 2.38 bits per heavy atom. The highest BCUT2D eigenvalue weighted by molar-refractivity contribution is 5.91. The van der Waals surface area contributed by atoms with Crippen molar-refractivity contribution in [2.45, 2.75) is 79.6 Å². The lowest BCUT2D eigenvalue weighted by Crippen LogP contribution is -2.59. The molecule has 0 aliphatic carbocycles. The second-order valence-corrected chi connectivity index (χ2v) is 10.5. The summed E-state index contributed by atoms with van der Waals surface area (Å²) in [5.74, 6) is -0.705. The largest absolute Gasteiger partial charge is 0.463 e. The minimum atomic E-state index is -0.721. The normalized spacial score (nSPS) is 18.0. The number of likely N-dealkylation sites (N-methyl/N-ethyl adjacent to an activating group) is 1. The molecule has 0 saturated carbocycles. The lowest BCUT2D eigenvalue weighted by molar-refractivity contribution is -0.141. The number of ether oxygens (including phenoxy) is 1. The molecule has 2 rings (SSSR count). The Balaban J connectivity index is 2.21. The molecule has 1 aromatic carbocycles. The third-order valence-corrected chi connectivity index (χ3v) is 6.29. The quantitative estimate of drug-likeness (QED) is 0.449. The highest BCUT2D eigenvalue weighted by Crippen LogP contribution is 2.24. The van der Waals surface area contributed by atoms with Gasteiger partial charge in [0.15, 0.2) is 0 Å². The Labute approximate surface area is 204 Å². The standard InChI is InChI=1S/C27H41N3O4/c1-9-34-26(33)18(4)14-22(17(2)3)30(8)25(32)23(27(5,6)7)29-24(31)21-15-19-12-10-11-13-20(19)16-28-21/h10-14,17,21-23,28H,9,15-16H2,1-8H3,(H,29,31)/t21-,22-,23-/m1/s1. The first-order valence-corrected chi connectivity index (χ1v) is 12.1. The molecule has 0 unspecified atom stereocenters. The first kappa shape index (κ1) is 27.6. The van der Waals surface area contributed by atoms with E-state index in [0.29, 0.717) is 25.1 Å². The van der Waals surface area contributed by atoms with E-state index in [4.69, 9.17) is 4.74 Å². The van der Waals surface area contributed by atoms with Crippen molar-refractivity contribution in [3.05, 3.63) is 47.0 Å². The number of amides is 2. The van der Waals surface area contributed by atoms with E-state index < -0.39 is 23.5 Å². The summed E-state index contributed by atoms with van der Waals surface area (Å²) in [6.45, 7) is 14.2. The lowest BCUT2D eigenvalue weighted by Gasteiger charge is -2.38. The molecule has 7 nitrogen and oxygen atoms in total. The van der Waals surface area contributed by atoms with E-state index in [2.05, 4.69) is 16.7 Å². The molecule has 0 bridgehead atoms. The number of nitrogens with zero attached hydrogens (tertiary/aromatic N) is 1. The number of nitrogens with one attached hydrogen (secondary N) is 2. The summed E-state index contributed by atoms with van der Waals surface area (Å²) in [5.41, 5.74) is 2.30. The Morgan fingerprint density at radius 1 is 1.21 bits per heavy atom.